The molecule has 5 nitrogen and oxygen atoms in total. The number of nitrogens with zero attached hydrogens (tertiary/aromatic N) is 3. The van der Waals surface area contributed by atoms with E-state index in [9.17, 15) is 18.0 Å². The van der Waals surface area contributed by atoms with E-state index in [2.05, 4.69) is 15.4 Å². The fourth-order valence-corrected chi connectivity index (χ4v) is 2.72. The van der Waals surface area contributed by atoms with E-state index in [4.69, 9.17) is 0 Å². The number of halogens is 3. The van der Waals surface area contributed by atoms with Crippen molar-refractivity contribution < 1.29 is 18.0 Å². The van der Waals surface area contributed by atoms with Gasteiger partial charge in [0, 0.05) is 23.4 Å². The fraction of sp³-hybridized carbons (Fsp3) is 0.471. The summed E-state index contributed by atoms with van der Waals surface area (Å²) in [6, 6.07) is 2.27. The van der Waals surface area contributed by atoms with E-state index in [0.29, 0.717) is 6.42 Å². The van der Waals surface area contributed by atoms with Gasteiger partial charge in [-0.2, -0.15) is 18.3 Å². The minimum atomic E-state index is -4.50. The molecule has 0 radical (unpaired) electrons. The fourth-order valence-electron chi connectivity index (χ4n) is 2.72. The molecule has 0 bridgehead atoms. The molecule has 0 saturated carbocycles. The van der Waals surface area contributed by atoms with Crippen LogP contribution in [0.2, 0.25) is 0 Å². The molecule has 3 rings (SSSR count). The van der Waals surface area contributed by atoms with Crippen LogP contribution in [-0.4, -0.2) is 20.7 Å². The van der Waals surface area contributed by atoms with Crippen LogP contribution >= 0.6 is 0 Å². The summed E-state index contributed by atoms with van der Waals surface area (Å²) in [7, 11) is 0. The molecule has 0 aliphatic heterocycles. The highest BCUT2D eigenvalue weighted by Crippen LogP contribution is 2.33. The van der Waals surface area contributed by atoms with Gasteiger partial charge in [0.1, 0.15) is 5.69 Å². The monoisotopic (exact) mass is 352 g/mol. The van der Waals surface area contributed by atoms with Gasteiger partial charge in [0.05, 0.1) is 17.4 Å². The summed E-state index contributed by atoms with van der Waals surface area (Å²) >= 11 is 0. The maximum Gasteiger partial charge on any atom is 0.433 e. The molecule has 1 N–H and O–H groups in total. The Morgan fingerprint density at radius 1 is 1.32 bits per heavy atom. The van der Waals surface area contributed by atoms with Crippen molar-refractivity contribution in [3.63, 3.8) is 0 Å². The SMILES string of the molecule is CC(C)(C)C(=O)NC1CCc2nn(-c3ccnc(C(F)(F)F)c3)cc21. The molecule has 2 heterocycles. The van der Waals surface area contributed by atoms with Gasteiger partial charge in [-0.3, -0.25) is 9.78 Å². The smallest absolute Gasteiger partial charge is 0.349 e. The van der Waals surface area contributed by atoms with E-state index in [1.54, 1.807) is 6.20 Å². The molecule has 1 amide bonds. The van der Waals surface area contributed by atoms with E-state index in [-0.39, 0.29) is 17.6 Å². The molecule has 0 saturated heterocycles. The predicted octanol–water partition coefficient (Wildman–Crippen LogP) is 3.44. The normalized spacial score (nSPS) is 17.4. The van der Waals surface area contributed by atoms with Crippen molar-refractivity contribution in [1.29, 1.82) is 0 Å². The summed E-state index contributed by atoms with van der Waals surface area (Å²) in [5, 5.41) is 7.36. The van der Waals surface area contributed by atoms with E-state index in [0.717, 1.165) is 29.9 Å². The number of pyridine rings is 1. The van der Waals surface area contributed by atoms with Gasteiger partial charge in [-0.1, -0.05) is 20.8 Å². The standard InChI is InChI=1S/C17H19F3N4O/c1-16(2,3)15(25)22-12-4-5-13-11(12)9-24(23-13)10-6-7-21-14(8-10)17(18,19)20/h6-9,12H,4-5H2,1-3H3,(H,22,25). The molecular formula is C17H19F3N4O. The van der Waals surface area contributed by atoms with Crippen LogP contribution in [-0.2, 0) is 17.4 Å². The van der Waals surface area contributed by atoms with Crippen molar-refractivity contribution in [2.45, 2.75) is 45.8 Å². The minimum absolute atomic E-state index is 0.0682. The lowest BCUT2D eigenvalue weighted by molar-refractivity contribution is -0.141. The first kappa shape index (κ1) is 17.4. The largest absolute Gasteiger partial charge is 0.433 e. The van der Waals surface area contributed by atoms with Gasteiger partial charge >= 0.3 is 6.18 Å². The molecule has 0 fully saturated rings. The Hall–Kier alpha value is -2.38. The van der Waals surface area contributed by atoms with Gasteiger partial charge in [-0.15, -0.1) is 0 Å². The van der Waals surface area contributed by atoms with Crippen molar-refractivity contribution in [2.24, 2.45) is 5.41 Å². The van der Waals surface area contributed by atoms with Crippen LogP contribution < -0.4 is 5.32 Å². The highest BCUT2D eigenvalue weighted by atomic mass is 19.4. The van der Waals surface area contributed by atoms with Gasteiger partial charge < -0.3 is 5.32 Å². The third kappa shape index (κ3) is 3.52. The van der Waals surface area contributed by atoms with Crippen LogP contribution in [0.3, 0.4) is 0 Å². The van der Waals surface area contributed by atoms with Crippen molar-refractivity contribution in [2.75, 3.05) is 0 Å². The number of hydrogen-bond acceptors (Lipinski definition) is 3. The average Bonchev–Trinajstić information content (AvgIpc) is 3.07. The minimum Gasteiger partial charge on any atom is -0.349 e. The molecule has 2 aromatic rings. The van der Waals surface area contributed by atoms with Crippen molar-refractivity contribution in [3.05, 3.63) is 41.5 Å². The Balaban J connectivity index is 1.87. The van der Waals surface area contributed by atoms with E-state index < -0.39 is 17.3 Å². The second kappa shape index (κ2) is 5.86. The summed E-state index contributed by atoms with van der Waals surface area (Å²) in [6.45, 7) is 5.49. The first-order valence-electron chi connectivity index (χ1n) is 7.99. The summed E-state index contributed by atoms with van der Waals surface area (Å²) in [5.41, 5.74) is 0.467. The van der Waals surface area contributed by atoms with Crippen molar-refractivity contribution in [1.82, 2.24) is 20.1 Å². The highest BCUT2D eigenvalue weighted by molar-refractivity contribution is 5.81. The molecule has 0 aromatic carbocycles. The van der Waals surface area contributed by atoms with Crippen molar-refractivity contribution in [3.8, 4) is 5.69 Å². The van der Waals surface area contributed by atoms with Crippen molar-refractivity contribution >= 4 is 5.91 Å². The number of fused-ring (bicyclic) bond motifs is 1. The van der Waals surface area contributed by atoms with E-state index >= 15 is 0 Å². The second-order valence-electron chi connectivity index (χ2n) is 7.19. The number of hydrogen-bond donors (Lipinski definition) is 1. The van der Waals surface area contributed by atoms with E-state index in [1.165, 1.54) is 10.7 Å². The third-order valence-corrected chi connectivity index (χ3v) is 4.15. The number of amides is 1. The van der Waals surface area contributed by atoms with Gasteiger partial charge in [0.15, 0.2) is 0 Å². The second-order valence-corrected chi connectivity index (χ2v) is 7.19. The maximum atomic E-state index is 12.8. The third-order valence-electron chi connectivity index (χ3n) is 4.15. The molecule has 1 atom stereocenters. The molecule has 0 spiro atoms. The predicted molar refractivity (Wildman–Crippen MR) is 85.0 cm³/mol. The highest BCUT2D eigenvalue weighted by Gasteiger charge is 2.33. The molecule has 2 aromatic heterocycles. The van der Waals surface area contributed by atoms with Crippen LogP contribution in [0, 0.1) is 5.41 Å². The average molecular weight is 352 g/mol. The molecule has 134 valence electrons. The molecular weight excluding hydrogens is 333 g/mol. The Labute approximate surface area is 143 Å². The van der Waals surface area contributed by atoms with Gasteiger partial charge in [-0.05, 0) is 25.0 Å². The van der Waals surface area contributed by atoms with Gasteiger partial charge in [0.2, 0.25) is 5.91 Å². The van der Waals surface area contributed by atoms with E-state index in [1.807, 2.05) is 20.8 Å². The zero-order chi connectivity index (χ0) is 18.4. The number of carbonyl (C=O) groups is 1. The first-order valence-corrected chi connectivity index (χ1v) is 7.99. The molecule has 1 aliphatic carbocycles. The summed E-state index contributed by atoms with van der Waals surface area (Å²) in [6.07, 6.45) is -0.288. The number of nitrogens with one attached hydrogen (secondary N) is 1. The Morgan fingerprint density at radius 2 is 2.04 bits per heavy atom. The Morgan fingerprint density at radius 3 is 2.68 bits per heavy atom. The molecule has 1 aliphatic rings. The van der Waals surface area contributed by atoms with Gasteiger partial charge in [-0.25, -0.2) is 4.68 Å². The lowest BCUT2D eigenvalue weighted by Gasteiger charge is -2.21. The first-order chi connectivity index (χ1) is 11.6. The zero-order valence-corrected chi connectivity index (χ0v) is 14.2. The lowest BCUT2D eigenvalue weighted by atomic mass is 9.95. The summed E-state index contributed by atoms with van der Waals surface area (Å²) in [5.74, 6) is -0.0682. The lowest BCUT2D eigenvalue weighted by Crippen LogP contribution is -2.36. The zero-order valence-electron chi connectivity index (χ0n) is 14.2. The van der Waals surface area contributed by atoms with Crippen LogP contribution in [0.4, 0.5) is 13.2 Å². The number of aryl methyl sites for hydroxylation is 1. The molecule has 1 unspecified atom stereocenters. The molecule has 25 heavy (non-hydrogen) atoms. The number of alkyl halides is 3. The Bertz CT molecular complexity index is 805. The van der Waals surface area contributed by atoms with Crippen LogP contribution in [0.1, 0.15) is 50.2 Å². The summed E-state index contributed by atoms with van der Waals surface area (Å²) in [4.78, 5) is 15.5. The quantitative estimate of drug-likeness (QED) is 0.901. The topological polar surface area (TPSA) is 59.8 Å². The number of aromatic nitrogens is 3. The number of rotatable bonds is 2. The number of carbonyl (C=O) groups excluding carboxylic acids is 1. The molecule has 8 heteroatoms. The maximum absolute atomic E-state index is 12.8. The Kier molecular flexibility index (Phi) is 4.09. The van der Waals surface area contributed by atoms with Crippen LogP contribution in [0.5, 0.6) is 0 Å². The van der Waals surface area contributed by atoms with Crippen LogP contribution in [0.15, 0.2) is 24.5 Å². The van der Waals surface area contributed by atoms with Gasteiger partial charge in [0.25, 0.3) is 0 Å². The van der Waals surface area contributed by atoms with Crippen LogP contribution in [0.25, 0.3) is 5.69 Å². The summed E-state index contributed by atoms with van der Waals surface area (Å²) < 4.78 is 39.9.